The first-order chi connectivity index (χ1) is 21.8. The summed E-state index contributed by atoms with van der Waals surface area (Å²) in [6, 6.07) is 13.1. The number of aromatic nitrogens is 1. The molecular weight excluding hydrogens is 599 g/mol. The molecule has 2 aromatic carbocycles. The molecule has 0 spiro atoms. The Morgan fingerprint density at radius 2 is 1.61 bits per heavy atom. The van der Waals surface area contributed by atoms with Crippen LogP contribution in [0.15, 0.2) is 54.6 Å². The molecule has 4 amide bonds. The maximum absolute atomic E-state index is 13.9. The summed E-state index contributed by atoms with van der Waals surface area (Å²) in [5.74, 6) is -1.61. The van der Waals surface area contributed by atoms with Crippen LogP contribution in [0.5, 0.6) is 0 Å². The van der Waals surface area contributed by atoms with Crippen LogP contribution in [0.1, 0.15) is 69.6 Å². The number of carbonyl (C=O) groups is 4. The molecule has 3 heterocycles. The molecular formula is C34H36F3N5O4. The van der Waals surface area contributed by atoms with Gasteiger partial charge in [-0.3, -0.25) is 29.0 Å². The largest absolute Gasteiger partial charge is 0.416 e. The van der Waals surface area contributed by atoms with E-state index in [4.69, 9.17) is 0 Å². The summed E-state index contributed by atoms with van der Waals surface area (Å²) in [5, 5.41) is 0. The molecule has 1 fully saturated rings. The standard InChI is InChI=1S/C34H36F3N5O4/c1-21-11-10-14-26(30(21)39(3)17-8-5-9-18-41-31(44)24-12-6-7-13-25(24)32(41)45)40(4)33(46)27-15-16-29(43)42(27)28-20-23(34(35,36)37)19-22(2)38-28/h6-7,10-14,19-20,27H,5,8-9,15-18H2,1-4H3. The van der Waals surface area contributed by atoms with E-state index in [1.807, 2.05) is 31.0 Å². The SMILES string of the molecule is Cc1cc(C(F)(F)F)cc(N2C(=O)CCC2C(=O)N(C)c2cccc(C)c2N(C)CCCCCN2C(=O)c3ccccc3C2=O)n1. The predicted octanol–water partition coefficient (Wildman–Crippen LogP) is 5.78. The number of unbranched alkanes of at least 4 members (excludes halogenated alkanes) is 2. The van der Waals surface area contributed by atoms with E-state index in [1.165, 1.54) is 16.7 Å². The van der Waals surface area contributed by atoms with E-state index in [1.54, 1.807) is 37.4 Å². The van der Waals surface area contributed by atoms with Gasteiger partial charge in [-0.15, -0.1) is 0 Å². The van der Waals surface area contributed by atoms with Gasteiger partial charge in [0.2, 0.25) is 11.8 Å². The molecule has 1 atom stereocenters. The third kappa shape index (κ3) is 6.33. The highest BCUT2D eigenvalue weighted by atomic mass is 19.4. The van der Waals surface area contributed by atoms with Crippen molar-refractivity contribution in [3.8, 4) is 0 Å². The highest BCUT2D eigenvalue weighted by Gasteiger charge is 2.41. The van der Waals surface area contributed by atoms with Crippen LogP contribution in [0.25, 0.3) is 0 Å². The zero-order chi connectivity index (χ0) is 33.3. The van der Waals surface area contributed by atoms with E-state index in [0.29, 0.717) is 36.3 Å². The van der Waals surface area contributed by atoms with Crippen LogP contribution in [0.3, 0.4) is 0 Å². The Morgan fingerprint density at radius 3 is 2.26 bits per heavy atom. The second-order valence-corrected chi connectivity index (χ2v) is 11.8. The quantitative estimate of drug-likeness (QED) is 0.207. The highest BCUT2D eigenvalue weighted by Crippen LogP contribution is 2.36. The Balaban J connectivity index is 1.25. The molecule has 46 heavy (non-hydrogen) atoms. The second-order valence-electron chi connectivity index (χ2n) is 11.8. The number of fused-ring (bicyclic) bond motifs is 1. The molecule has 12 heteroatoms. The molecule has 0 bridgehead atoms. The van der Waals surface area contributed by atoms with Crippen molar-refractivity contribution in [2.45, 2.75) is 58.2 Å². The molecule has 1 saturated heterocycles. The maximum atomic E-state index is 13.9. The van der Waals surface area contributed by atoms with Crippen LogP contribution in [0.4, 0.5) is 30.4 Å². The van der Waals surface area contributed by atoms with Crippen LogP contribution >= 0.6 is 0 Å². The molecule has 0 aliphatic carbocycles. The fourth-order valence-corrected chi connectivity index (χ4v) is 6.25. The van der Waals surface area contributed by atoms with E-state index in [-0.39, 0.29) is 36.2 Å². The molecule has 0 N–H and O–H groups in total. The predicted molar refractivity (Wildman–Crippen MR) is 168 cm³/mol. The number of pyridine rings is 1. The molecule has 2 aliphatic heterocycles. The van der Waals surface area contributed by atoms with Gasteiger partial charge in [-0.2, -0.15) is 13.2 Å². The minimum absolute atomic E-state index is 0.0164. The zero-order valence-corrected chi connectivity index (χ0v) is 26.2. The lowest BCUT2D eigenvalue weighted by molar-refractivity contribution is -0.137. The van der Waals surface area contributed by atoms with Crippen LogP contribution in [-0.4, -0.2) is 66.7 Å². The average Bonchev–Trinajstić information content (AvgIpc) is 3.51. The van der Waals surface area contributed by atoms with Crippen molar-refractivity contribution < 1.29 is 32.3 Å². The first-order valence-corrected chi connectivity index (χ1v) is 15.2. The molecule has 1 unspecified atom stereocenters. The number of halogens is 3. The molecule has 3 aromatic rings. The Labute approximate surface area is 265 Å². The molecule has 242 valence electrons. The molecule has 9 nitrogen and oxygen atoms in total. The van der Waals surface area contributed by atoms with Crippen LogP contribution in [0, 0.1) is 13.8 Å². The van der Waals surface area contributed by atoms with Gasteiger partial charge >= 0.3 is 6.18 Å². The number of anilines is 3. The molecule has 0 radical (unpaired) electrons. The van der Waals surface area contributed by atoms with Gasteiger partial charge in [-0.1, -0.05) is 24.3 Å². The summed E-state index contributed by atoms with van der Waals surface area (Å²) in [7, 11) is 3.51. The number of carbonyl (C=O) groups excluding carboxylic acids is 4. The third-order valence-corrected chi connectivity index (χ3v) is 8.55. The lowest BCUT2D eigenvalue weighted by atomic mass is 10.1. The Bertz CT molecular complexity index is 1660. The van der Waals surface area contributed by atoms with Gasteiger partial charge in [-0.25, -0.2) is 4.98 Å². The Morgan fingerprint density at radius 1 is 0.935 bits per heavy atom. The van der Waals surface area contributed by atoms with E-state index < -0.39 is 29.6 Å². The molecule has 1 aromatic heterocycles. The van der Waals surface area contributed by atoms with E-state index in [2.05, 4.69) is 4.98 Å². The van der Waals surface area contributed by atoms with Crippen molar-refractivity contribution in [1.82, 2.24) is 9.88 Å². The van der Waals surface area contributed by atoms with Crippen LogP contribution in [0.2, 0.25) is 0 Å². The van der Waals surface area contributed by atoms with Gasteiger partial charge in [0.1, 0.15) is 11.9 Å². The average molecular weight is 636 g/mol. The van der Waals surface area contributed by atoms with Gasteiger partial charge in [-0.05, 0) is 75.4 Å². The van der Waals surface area contributed by atoms with Crippen molar-refractivity contribution in [3.05, 3.63) is 82.5 Å². The summed E-state index contributed by atoms with van der Waals surface area (Å²) < 4.78 is 40.6. The van der Waals surface area contributed by atoms with Crippen LogP contribution in [-0.2, 0) is 15.8 Å². The number of imide groups is 1. The number of nitrogens with zero attached hydrogens (tertiary/aromatic N) is 5. The zero-order valence-electron chi connectivity index (χ0n) is 26.2. The lowest BCUT2D eigenvalue weighted by Gasteiger charge is -2.32. The minimum atomic E-state index is -4.63. The minimum Gasteiger partial charge on any atom is -0.373 e. The van der Waals surface area contributed by atoms with Crippen molar-refractivity contribution in [1.29, 1.82) is 0 Å². The number of hydrogen-bond donors (Lipinski definition) is 0. The number of rotatable bonds is 10. The number of alkyl halides is 3. The lowest BCUT2D eigenvalue weighted by Crippen LogP contribution is -2.46. The molecule has 2 aliphatic rings. The number of amides is 4. The van der Waals surface area contributed by atoms with Crippen molar-refractivity contribution in [3.63, 3.8) is 0 Å². The number of para-hydroxylation sites is 1. The van der Waals surface area contributed by atoms with E-state index in [9.17, 15) is 32.3 Å². The smallest absolute Gasteiger partial charge is 0.373 e. The maximum Gasteiger partial charge on any atom is 0.416 e. The summed E-state index contributed by atoms with van der Waals surface area (Å²) in [6.07, 6.45) is -2.29. The van der Waals surface area contributed by atoms with Gasteiger partial charge in [0.05, 0.1) is 28.1 Å². The second kappa shape index (κ2) is 12.9. The van der Waals surface area contributed by atoms with Gasteiger partial charge in [0.25, 0.3) is 11.8 Å². The van der Waals surface area contributed by atoms with Gasteiger partial charge in [0, 0.05) is 39.3 Å². The summed E-state index contributed by atoms with van der Waals surface area (Å²) in [6.45, 7) is 4.31. The number of benzene rings is 2. The summed E-state index contributed by atoms with van der Waals surface area (Å²) in [4.78, 5) is 62.1. The number of aryl methyl sites for hydroxylation is 2. The summed E-state index contributed by atoms with van der Waals surface area (Å²) in [5.41, 5.74) is 2.36. The van der Waals surface area contributed by atoms with E-state index >= 15 is 0 Å². The first kappa shape index (κ1) is 32.6. The van der Waals surface area contributed by atoms with Gasteiger partial charge in [0.15, 0.2) is 0 Å². The van der Waals surface area contributed by atoms with Crippen molar-refractivity contribution >= 4 is 40.8 Å². The fourth-order valence-electron chi connectivity index (χ4n) is 6.25. The van der Waals surface area contributed by atoms with E-state index in [0.717, 1.165) is 41.1 Å². The molecule has 5 rings (SSSR count). The third-order valence-electron chi connectivity index (χ3n) is 8.55. The van der Waals surface area contributed by atoms with Crippen molar-refractivity contribution in [2.24, 2.45) is 0 Å². The molecule has 0 saturated carbocycles. The first-order valence-electron chi connectivity index (χ1n) is 15.2. The number of hydrogen-bond acceptors (Lipinski definition) is 6. The van der Waals surface area contributed by atoms with Gasteiger partial charge < -0.3 is 9.80 Å². The highest BCUT2D eigenvalue weighted by molar-refractivity contribution is 6.21. The number of likely N-dealkylation sites (N-methyl/N-ethyl adjacent to an activating group) is 1. The Kier molecular flexibility index (Phi) is 9.18. The monoisotopic (exact) mass is 635 g/mol. The normalized spacial score (nSPS) is 16.3. The Hall–Kier alpha value is -4.74. The van der Waals surface area contributed by atoms with Crippen molar-refractivity contribution in [2.75, 3.05) is 41.9 Å². The fraction of sp³-hybridized carbons (Fsp3) is 0.382. The van der Waals surface area contributed by atoms with Crippen LogP contribution < -0.4 is 14.7 Å². The summed E-state index contributed by atoms with van der Waals surface area (Å²) >= 11 is 0. The topological polar surface area (TPSA) is 94.1 Å².